The van der Waals surface area contributed by atoms with E-state index in [0.717, 1.165) is 36.8 Å². The van der Waals surface area contributed by atoms with Crippen molar-refractivity contribution in [2.24, 2.45) is 5.92 Å². The molecule has 2 aliphatic heterocycles. The zero-order valence-corrected chi connectivity index (χ0v) is 19.5. The Kier molecular flexibility index (Phi) is 6.26. The van der Waals surface area contributed by atoms with Crippen molar-refractivity contribution in [2.75, 3.05) is 19.6 Å². The number of guanidine groups is 1. The van der Waals surface area contributed by atoms with E-state index in [1.54, 1.807) is 4.90 Å². The van der Waals surface area contributed by atoms with Crippen molar-refractivity contribution in [2.45, 2.75) is 50.1 Å². The molecule has 2 aromatic rings. The fourth-order valence-electron chi connectivity index (χ4n) is 5.62. The molecule has 0 atom stereocenters. The Hall–Kier alpha value is -3.35. The number of hydrogen-bond donors (Lipinski definition) is 3. The summed E-state index contributed by atoms with van der Waals surface area (Å²) in [7, 11) is 0. The SMILES string of the molecule is N=C1NC(c2ccccc2)(c2ccccc2)C(=O)N1CC1CCN(C(=O)NC2CCCC2)CC1. The van der Waals surface area contributed by atoms with E-state index in [2.05, 4.69) is 10.6 Å². The van der Waals surface area contributed by atoms with Crippen LogP contribution in [0, 0.1) is 11.3 Å². The van der Waals surface area contributed by atoms with Gasteiger partial charge in [0.05, 0.1) is 0 Å². The van der Waals surface area contributed by atoms with E-state index < -0.39 is 5.54 Å². The Labute approximate surface area is 201 Å². The molecule has 2 heterocycles. The van der Waals surface area contributed by atoms with Gasteiger partial charge in [-0.15, -0.1) is 0 Å². The van der Waals surface area contributed by atoms with Crippen molar-refractivity contribution in [1.82, 2.24) is 20.4 Å². The Morgan fingerprint density at radius 2 is 1.50 bits per heavy atom. The second kappa shape index (κ2) is 9.49. The van der Waals surface area contributed by atoms with Crippen LogP contribution in [0.15, 0.2) is 60.7 Å². The summed E-state index contributed by atoms with van der Waals surface area (Å²) in [4.78, 5) is 30.0. The molecule has 3 N–H and O–H groups in total. The number of benzene rings is 2. The Morgan fingerprint density at radius 1 is 0.941 bits per heavy atom. The van der Waals surface area contributed by atoms with Crippen molar-refractivity contribution in [3.8, 4) is 0 Å². The maximum absolute atomic E-state index is 13.9. The highest BCUT2D eigenvalue weighted by Crippen LogP contribution is 2.36. The molecule has 2 saturated heterocycles. The van der Waals surface area contributed by atoms with Gasteiger partial charge in [-0.3, -0.25) is 15.1 Å². The summed E-state index contributed by atoms with van der Waals surface area (Å²) < 4.78 is 0. The summed E-state index contributed by atoms with van der Waals surface area (Å²) in [5, 5.41) is 15.1. The standard InChI is InChI=1S/C27H33N5O2/c28-25-30-27(21-9-3-1-4-10-21,22-11-5-2-6-12-22)24(33)32(25)19-20-15-17-31(18-16-20)26(34)29-23-13-7-8-14-23/h1-6,9-12,20,23H,7-8,13-19H2,(H2,28,30)(H,29,34). The van der Waals surface area contributed by atoms with Crippen molar-refractivity contribution >= 4 is 17.9 Å². The van der Waals surface area contributed by atoms with Crippen LogP contribution >= 0.6 is 0 Å². The van der Waals surface area contributed by atoms with Crippen molar-refractivity contribution in [3.63, 3.8) is 0 Å². The molecular weight excluding hydrogens is 426 g/mol. The summed E-state index contributed by atoms with van der Waals surface area (Å²) >= 11 is 0. The molecule has 0 aromatic heterocycles. The van der Waals surface area contributed by atoms with E-state index in [-0.39, 0.29) is 23.8 Å². The average Bonchev–Trinajstić information content (AvgIpc) is 3.48. The minimum absolute atomic E-state index is 0.0455. The lowest BCUT2D eigenvalue weighted by molar-refractivity contribution is -0.130. The summed E-state index contributed by atoms with van der Waals surface area (Å²) in [6, 6.07) is 19.7. The number of likely N-dealkylation sites (tertiary alicyclic amines) is 1. The van der Waals surface area contributed by atoms with Crippen LogP contribution in [-0.4, -0.2) is 53.4 Å². The smallest absolute Gasteiger partial charge is 0.317 e. The Balaban J connectivity index is 1.28. The number of urea groups is 1. The van der Waals surface area contributed by atoms with Crippen LogP contribution in [0.2, 0.25) is 0 Å². The van der Waals surface area contributed by atoms with Crippen LogP contribution in [-0.2, 0) is 10.3 Å². The van der Waals surface area contributed by atoms with Crippen molar-refractivity contribution in [3.05, 3.63) is 71.8 Å². The summed E-state index contributed by atoms with van der Waals surface area (Å²) in [5.74, 6) is 0.277. The van der Waals surface area contributed by atoms with Crippen LogP contribution in [0.4, 0.5) is 4.79 Å². The quantitative estimate of drug-likeness (QED) is 0.638. The fraction of sp³-hybridized carbons (Fsp3) is 0.444. The first-order valence-electron chi connectivity index (χ1n) is 12.4. The zero-order valence-electron chi connectivity index (χ0n) is 19.5. The van der Waals surface area contributed by atoms with E-state index in [1.165, 1.54) is 12.8 Å². The lowest BCUT2D eigenvalue weighted by Gasteiger charge is -2.34. The first-order valence-corrected chi connectivity index (χ1v) is 12.4. The third-order valence-corrected chi connectivity index (χ3v) is 7.58. The maximum atomic E-state index is 13.9. The van der Waals surface area contributed by atoms with E-state index in [9.17, 15) is 9.59 Å². The van der Waals surface area contributed by atoms with Crippen molar-refractivity contribution < 1.29 is 9.59 Å². The largest absolute Gasteiger partial charge is 0.335 e. The average molecular weight is 460 g/mol. The van der Waals surface area contributed by atoms with Gasteiger partial charge in [0.2, 0.25) is 0 Å². The van der Waals surface area contributed by atoms with Gasteiger partial charge in [0.25, 0.3) is 5.91 Å². The topological polar surface area (TPSA) is 88.5 Å². The number of nitrogens with zero attached hydrogens (tertiary/aromatic N) is 2. The molecule has 0 bridgehead atoms. The molecule has 0 unspecified atom stereocenters. The van der Waals surface area contributed by atoms with Crippen molar-refractivity contribution in [1.29, 1.82) is 5.41 Å². The molecule has 178 valence electrons. The highest BCUT2D eigenvalue weighted by Gasteiger charge is 2.52. The Morgan fingerprint density at radius 3 is 2.06 bits per heavy atom. The van der Waals surface area contributed by atoms with Gasteiger partial charge < -0.3 is 15.5 Å². The third kappa shape index (κ3) is 4.15. The monoisotopic (exact) mass is 459 g/mol. The zero-order chi connectivity index (χ0) is 23.5. The number of piperidine rings is 1. The first kappa shape index (κ1) is 22.4. The second-order valence-corrected chi connectivity index (χ2v) is 9.73. The van der Waals surface area contributed by atoms with E-state index in [1.807, 2.05) is 65.6 Å². The molecule has 0 spiro atoms. The molecule has 7 heteroatoms. The Bertz CT molecular complexity index is 988. The van der Waals surface area contributed by atoms with Gasteiger partial charge in [-0.25, -0.2) is 4.79 Å². The van der Waals surface area contributed by atoms with E-state index >= 15 is 0 Å². The first-order chi connectivity index (χ1) is 16.6. The molecule has 2 aromatic carbocycles. The van der Waals surface area contributed by atoms with Gasteiger partial charge in [0, 0.05) is 25.7 Å². The number of hydrogen-bond acceptors (Lipinski definition) is 3. The van der Waals surface area contributed by atoms with Gasteiger partial charge in [-0.05, 0) is 42.7 Å². The molecule has 1 aliphatic carbocycles. The van der Waals surface area contributed by atoms with Crippen LogP contribution in [0.25, 0.3) is 0 Å². The summed E-state index contributed by atoms with van der Waals surface area (Å²) in [5.41, 5.74) is 0.565. The normalized spacial score (nSPS) is 21.1. The molecule has 3 fully saturated rings. The molecule has 7 nitrogen and oxygen atoms in total. The number of carbonyl (C=O) groups excluding carboxylic acids is 2. The highest BCUT2D eigenvalue weighted by atomic mass is 16.2. The maximum Gasteiger partial charge on any atom is 0.317 e. The molecule has 1 saturated carbocycles. The summed E-state index contributed by atoms with van der Waals surface area (Å²) in [6.07, 6.45) is 6.23. The van der Waals surface area contributed by atoms with E-state index in [0.29, 0.717) is 25.7 Å². The highest BCUT2D eigenvalue weighted by molar-refractivity contribution is 6.10. The number of carbonyl (C=O) groups is 2. The van der Waals surface area contributed by atoms with E-state index in [4.69, 9.17) is 5.41 Å². The number of rotatable bonds is 5. The second-order valence-electron chi connectivity index (χ2n) is 9.73. The number of nitrogens with one attached hydrogen (secondary N) is 3. The van der Waals surface area contributed by atoms with Gasteiger partial charge in [0.1, 0.15) is 0 Å². The van der Waals surface area contributed by atoms with Gasteiger partial charge in [0.15, 0.2) is 11.5 Å². The minimum Gasteiger partial charge on any atom is -0.335 e. The predicted octanol–water partition coefficient (Wildman–Crippen LogP) is 3.66. The van der Waals surface area contributed by atoms with Gasteiger partial charge in [-0.2, -0.15) is 0 Å². The molecule has 34 heavy (non-hydrogen) atoms. The van der Waals surface area contributed by atoms with Gasteiger partial charge >= 0.3 is 6.03 Å². The minimum atomic E-state index is -1.10. The fourth-order valence-corrected chi connectivity index (χ4v) is 5.62. The van der Waals surface area contributed by atoms with Crippen LogP contribution in [0.1, 0.15) is 49.7 Å². The third-order valence-electron chi connectivity index (χ3n) is 7.58. The molecular formula is C27H33N5O2. The molecule has 3 aliphatic rings. The lowest BCUT2D eigenvalue weighted by Crippen LogP contribution is -2.49. The van der Waals surface area contributed by atoms with Crippen LogP contribution < -0.4 is 10.6 Å². The van der Waals surface area contributed by atoms with Crippen LogP contribution in [0.3, 0.4) is 0 Å². The predicted molar refractivity (Wildman–Crippen MR) is 131 cm³/mol. The van der Waals surface area contributed by atoms with Crippen LogP contribution in [0.5, 0.6) is 0 Å². The molecule has 0 radical (unpaired) electrons. The van der Waals surface area contributed by atoms with Gasteiger partial charge in [-0.1, -0.05) is 73.5 Å². The lowest BCUT2D eigenvalue weighted by atomic mass is 9.82. The molecule has 3 amide bonds. The molecule has 5 rings (SSSR count). The number of amides is 3. The summed E-state index contributed by atoms with van der Waals surface area (Å²) in [6.45, 7) is 1.87.